The molecule has 0 unspecified atom stereocenters. The molecule has 1 saturated carbocycles. The molecule has 0 aliphatic heterocycles. The molecule has 1 aliphatic rings. The Hall–Kier alpha value is -0.760. The standard InChI is InChI=1S/C15H17IN2O2S/c16-10-6-7-13-12(8-10)17-15(21-9-14(19)20)18(13)11-4-2-1-3-5-11/h6-8,11H,1-5,9H2,(H,19,20). The summed E-state index contributed by atoms with van der Waals surface area (Å²) in [6.07, 6.45) is 6.13. The van der Waals surface area contributed by atoms with Gasteiger partial charge in [0.2, 0.25) is 0 Å². The molecule has 0 spiro atoms. The SMILES string of the molecule is O=C(O)CSc1nc2cc(I)ccc2n1C1CCCCC1. The number of imidazole rings is 1. The number of fused-ring (bicyclic) bond motifs is 1. The minimum atomic E-state index is -0.795. The van der Waals surface area contributed by atoms with Gasteiger partial charge in [0.25, 0.3) is 0 Å². The molecule has 0 atom stereocenters. The first-order valence-electron chi connectivity index (χ1n) is 7.17. The minimum Gasteiger partial charge on any atom is -0.481 e. The Kier molecular flexibility index (Phi) is 4.73. The highest BCUT2D eigenvalue weighted by Gasteiger charge is 2.22. The summed E-state index contributed by atoms with van der Waals surface area (Å²) in [6.45, 7) is 0. The zero-order chi connectivity index (χ0) is 14.8. The Balaban J connectivity index is 2.03. The van der Waals surface area contributed by atoms with Gasteiger partial charge in [0.15, 0.2) is 5.16 Å². The predicted molar refractivity (Wildman–Crippen MR) is 92.9 cm³/mol. The summed E-state index contributed by atoms with van der Waals surface area (Å²) in [5, 5.41) is 9.78. The molecule has 1 heterocycles. The van der Waals surface area contributed by atoms with Gasteiger partial charge in [-0.25, -0.2) is 4.98 Å². The molecule has 1 aliphatic carbocycles. The summed E-state index contributed by atoms with van der Waals surface area (Å²) in [6, 6.07) is 6.74. The number of hydrogen-bond donors (Lipinski definition) is 1. The van der Waals surface area contributed by atoms with Crippen molar-refractivity contribution in [2.24, 2.45) is 0 Å². The molecule has 0 saturated heterocycles. The van der Waals surface area contributed by atoms with Crippen LogP contribution in [0.1, 0.15) is 38.1 Å². The molecule has 0 radical (unpaired) electrons. The van der Waals surface area contributed by atoms with Crippen LogP contribution in [0, 0.1) is 3.57 Å². The van der Waals surface area contributed by atoms with E-state index in [1.807, 2.05) is 0 Å². The van der Waals surface area contributed by atoms with Crippen LogP contribution in [-0.2, 0) is 4.79 Å². The van der Waals surface area contributed by atoms with Crippen molar-refractivity contribution >= 4 is 51.4 Å². The lowest BCUT2D eigenvalue weighted by Gasteiger charge is -2.25. The fraction of sp³-hybridized carbons (Fsp3) is 0.467. The molecule has 2 aromatic rings. The number of rotatable bonds is 4. The molecule has 1 N–H and O–H groups in total. The van der Waals surface area contributed by atoms with E-state index in [0.717, 1.165) is 32.6 Å². The van der Waals surface area contributed by atoms with E-state index in [1.165, 1.54) is 31.0 Å². The van der Waals surface area contributed by atoms with Gasteiger partial charge < -0.3 is 9.67 Å². The molecule has 1 aromatic heterocycles. The quantitative estimate of drug-likeness (QED) is 0.596. The van der Waals surface area contributed by atoms with Gasteiger partial charge >= 0.3 is 5.97 Å². The molecule has 1 aromatic carbocycles. The second kappa shape index (κ2) is 6.56. The zero-order valence-corrected chi connectivity index (χ0v) is 14.6. The summed E-state index contributed by atoms with van der Waals surface area (Å²) in [7, 11) is 0. The molecule has 21 heavy (non-hydrogen) atoms. The summed E-state index contributed by atoms with van der Waals surface area (Å²) < 4.78 is 3.43. The number of aliphatic carboxylic acids is 1. The lowest BCUT2D eigenvalue weighted by atomic mass is 9.95. The van der Waals surface area contributed by atoms with Gasteiger partial charge in [-0.3, -0.25) is 4.79 Å². The molecule has 1 fully saturated rings. The van der Waals surface area contributed by atoms with Crippen molar-refractivity contribution in [1.29, 1.82) is 0 Å². The number of aromatic nitrogens is 2. The van der Waals surface area contributed by atoms with Gasteiger partial charge in [-0.15, -0.1) is 0 Å². The fourth-order valence-electron chi connectivity index (χ4n) is 2.97. The van der Waals surface area contributed by atoms with Gasteiger partial charge in [-0.1, -0.05) is 31.0 Å². The van der Waals surface area contributed by atoms with E-state index in [2.05, 4.69) is 50.3 Å². The van der Waals surface area contributed by atoms with Gasteiger partial charge in [0.1, 0.15) is 0 Å². The first-order valence-corrected chi connectivity index (χ1v) is 9.23. The number of benzene rings is 1. The highest BCUT2D eigenvalue weighted by atomic mass is 127. The molecule has 3 rings (SSSR count). The molecule has 0 bridgehead atoms. The van der Waals surface area contributed by atoms with Gasteiger partial charge in [-0.05, 0) is 53.6 Å². The van der Waals surface area contributed by atoms with E-state index < -0.39 is 5.97 Å². The van der Waals surface area contributed by atoms with Crippen LogP contribution in [0.2, 0.25) is 0 Å². The van der Waals surface area contributed by atoms with Gasteiger partial charge in [0.05, 0.1) is 16.8 Å². The minimum absolute atomic E-state index is 0.0626. The van der Waals surface area contributed by atoms with Crippen molar-refractivity contribution in [2.75, 3.05) is 5.75 Å². The molecular weight excluding hydrogens is 399 g/mol. The molecule has 4 nitrogen and oxygen atoms in total. The van der Waals surface area contributed by atoms with Crippen LogP contribution in [0.3, 0.4) is 0 Å². The van der Waals surface area contributed by atoms with Gasteiger partial charge in [0, 0.05) is 9.61 Å². The number of nitrogens with zero attached hydrogens (tertiary/aromatic N) is 2. The second-order valence-electron chi connectivity index (χ2n) is 5.37. The topological polar surface area (TPSA) is 55.1 Å². The summed E-state index contributed by atoms with van der Waals surface area (Å²) in [4.78, 5) is 15.5. The Morgan fingerprint density at radius 2 is 2.14 bits per heavy atom. The van der Waals surface area contributed by atoms with Crippen molar-refractivity contribution in [1.82, 2.24) is 9.55 Å². The van der Waals surface area contributed by atoms with Crippen LogP contribution in [0.5, 0.6) is 0 Å². The maximum atomic E-state index is 10.9. The van der Waals surface area contributed by atoms with E-state index in [1.54, 1.807) is 0 Å². The van der Waals surface area contributed by atoms with E-state index in [9.17, 15) is 4.79 Å². The summed E-state index contributed by atoms with van der Waals surface area (Å²) >= 11 is 3.62. The number of carboxylic acid groups (broad SMARTS) is 1. The van der Waals surface area contributed by atoms with Crippen LogP contribution >= 0.6 is 34.4 Å². The fourth-order valence-corrected chi connectivity index (χ4v) is 4.25. The van der Waals surface area contributed by atoms with Crippen molar-refractivity contribution in [3.05, 3.63) is 21.8 Å². The van der Waals surface area contributed by atoms with E-state index in [4.69, 9.17) is 5.11 Å². The number of carbonyl (C=O) groups is 1. The first-order chi connectivity index (χ1) is 10.1. The van der Waals surface area contributed by atoms with Crippen molar-refractivity contribution in [3.8, 4) is 0 Å². The largest absolute Gasteiger partial charge is 0.481 e. The van der Waals surface area contributed by atoms with Crippen LogP contribution in [0.4, 0.5) is 0 Å². The Morgan fingerprint density at radius 1 is 1.38 bits per heavy atom. The highest BCUT2D eigenvalue weighted by molar-refractivity contribution is 14.1. The smallest absolute Gasteiger partial charge is 0.313 e. The number of carboxylic acids is 1. The number of hydrogen-bond acceptors (Lipinski definition) is 3. The third-order valence-electron chi connectivity index (χ3n) is 3.88. The monoisotopic (exact) mass is 416 g/mol. The second-order valence-corrected chi connectivity index (χ2v) is 7.56. The van der Waals surface area contributed by atoms with Crippen LogP contribution in [-0.4, -0.2) is 26.4 Å². The van der Waals surface area contributed by atoms with Crippen molar-refractivity contribution < 1.29 is 9.90 Å². The summed E-state index contributed by atoms with van der Waals surface area (Å²) in [5.74, 6) is -0.732. The third kappa shape index (κ3) is 3.36. The Labute approximate surface area is 141 Å². The van der Waals surface area contributed by atoms with E-state index in [-0.39, 0.29) is 5.75 Å². The normalized spacial score (nSPS) is 16.4. The molecular formula is C15H17IN2O2S. The molecule has 6 heteroatoms. The lowest BCUT2D eigenvalue weighted by molar-refractivity contribution is -0.133. The maximum absolute atomic E-state index is 10.9. The lowest BCUT2D eigenvalue weighted by Crippen LogP contribution is -2.14. The maximum Gasteiger partial charge on any atom is 0.313 e. The number of thioether (sulfide) groups is 1. The van der Waals surface area contributed by atoms with Crippen molar-refractivity contribution in [3.63, 3.8) is 0 Å². The van der Waals surface area contributed by atoms with Crippen LogP contribution < -0.4 is 0 Å². The molecule has 0 amide bonds. The molecule has 112 valence electrons. The third-order valence-corrected chi connectivity index (χ3v) is 5.49. The van der Waals surface area contributed by atoms with Gasteiger partial charge in [-0.2, -0.15) is 0 Å². The predicted octanol–water partition coefficient (Wildman–Crippen LogP) is 4.32. The number of halogens is 1. The van der Waals surface area contributed by atoms with Crippen molar-refractivity contribution in [2.45, 2.75) is 43.3 Å². The Morgan fingerprint density at radius 3 is 2.86 bits per heavy atom. The highest BCUT2D eigenvalue weighted by Crippen LogP contribution is 2.35. The first kappa shape index (κ1) is 15.1. The Bertz CT molecular complexity index is 665. The average Bonchev–Trinajstić information content (AvgIpc) is 2.83. The summed E-state index contributed by atoms with van der Waals surface area (Å²) in [5.41, 5.74) is 2.11. The van der Waals surface area contributed by atoms with Crippen LogP contribution in [0.25, 0.3) is 11.0 Å². The van der Waals surface area contributed by atoms with Crippen LogP contribution in [0.15, 0.2) is 23.4 Å². The van der Waals surface area contributed by atoms with E-state index >= 15 is 0 Å². The zero-order valence-electron chi connectivity index (χ0n) is 11.6. The van der Waals surface area contributed by atoms with E-state index in [0.29, 0.717) is 6.04 Å². The average molecular weight is 416 g/mol.